The van der Waals surface area contributed by atoms with Crippen molar-refractivity contribution < 1.29 is 9.59 Å². The molecule has 0 aromatic carbocycles. The summed E-state index contributed by atoms with van der Waals surface area (Å²) in [6, 6.07) is -0.678. The van der Waals surface area contributed by atoms with Gasteiger partial charge in [-0.15, -0.1) is 0 Å². The van der Waals surface area contributed by atoms with Crippen LogP contribution < -0.4 is 5.32 Å². The Balaban J connectivity index is 2.15. The van der Waals surface area contributed by atoms with Gasteiger partial charge in [0.15, 0.2) is 0 Å². The summed E-state index contributed by atoms with van der Waals surface area (Å²) in [4.78, 5) is 27.2. The molecule has 1 aliphatic heterocycles. The molecular formula is C17H30N2O2. The van der Waals surface area contributed by atoms with Gasteiger partial charge in [0.25, 0.3) is 0 Å². The van der Waals surface area contributed by atoms with Gasteiger partial charge in [-0.1, -0.05) is 47.5 Å². The van der Waals surface area contributed by atoms with Crippen LogP contribution in [0.25, 0.3) is 0 Å². The maximum Gasteiger partial charge on any atom is 0.246 e. The highest BCUT2D eigenvalue weighted by molar-refractivity contribution is 5.97. The summed E-state index contributed by atoms with van der Waals surface area (Å²) in [5.41, 5.74) is -0.243. The van der Waals surface area contributed by atoms with E-state index in [4.69, 9.17) is 0 Å². The predicted molar refractivity (Wildman–Crippen MR) is 83.7 cm³/mol. The fourth-order valence-electron chi connectivity index (χ4n) is 3.02. The number of nitrogens with one attached hydrogen (secondary N) is 1. The van der Waals surface area contributed by atoms with E-state index in [0.717, 1.165) is 25.3 Å². The van der Waals surface area contributed by atoms with Crippen molar-refractivity contribution in [1.82, 2.24) is 10.2 Å². The molecule has 0 aromatic rings. The second kappa shape index (κ2) is 5.98. The normalized spacial score (nSPS) is 27.2. The Bertz CT molecular complexity index is 408. The number of hydrogen-bond acceptors (Lipinski definition) is 2. The summed E-state index contributed by atoms with van der Waals surface area (Å²) in [5.74, 6) is 1.31. The Morgan fingerprint density at radius 1 is 1.24 bits per heavy atom. The Labute approximate surface area is 128 Å². The average molecular weight is 294 g/mol. The van der Waals surface area contributed by atoms with Crippen LogP contribution in [0.2, 0.25) is 0 Å². The molecule has 1 saturated heterocycles. The van der Waals surface area contributed by atoms with Crippen molar-refractivity contribution in [3.63, 3.8) is 0 Å². The van der Waals surface area contributed by atoms with E-state index in [1.54, 1.807) is 0 Å². The van der Waals surface area contributed by atoms with Gasteiger partial charge in [0.1, 0.15) is 12.1 Å². The first-order valence-electron chi connectivity index (χ1n) is 8.31. The zero-order valence-corrected chi connectivity index (χ0v) is 14.1. The minimum Gasteiger partial charge on any atom is -0.342 e. The first-order valence-corrected chi connectivity index (χ1v) is 8.31. The number of hydrogen-bond donors (Lipinski definition) is 1. The van der Waals surface area contributed by atoms with Crippen LogP contribution in [0.5, 0.6) is 0 Å². The third kappa shape index (κ3) is 3.98. The van der Waals surface area contributed by atoms with Crippen molar-refractivity contribution in [1.29, 1.82) is 0 Å². The third-order valence-corrected chi connectivity index (χ3v) is 4.53. The number of carbonyl (C=O) groups is 2. The molecule has 2 atom stereocenters. The third-order valence-electron chi connectivity index (χ3n) is 4.53. The summed E-state index contributed by atoms with van der Waals surface area (Å²) in [7, 11) is 0. The number of amides is 2. The van der Waals surface area contributed by atoms with Crippen LogP contribution in [0.15, 0.2) is 0 Å². The lowest BCUT2D eigenvalue weighted by Crippen LogP contribution is -2.66. The quantitative estimate of drug-likeness (QED) is 0.847. The van der Waals surface area contributed by atoms with Gasteiger partial charge in [-0.3, -0.25) is 9.59 Å². The second-order valence-corrected chi connectivity index (χ2v) is 8.22. The van der Waals surface area contributed by atoms with Crippen molar-refractivity contribution in [3.8, 4) is 0 Å². The van der Waals surface area contributed by atoms with Crippen LogP contribution in [-0.2, 0) is 9.59 Å². The van der Waals surface area contributed by atoms with Gasteiger partial charge in [0.2, 0.25) is 11.8 Å². The number of carbonyl (C=O) groups excluding carboxylic acids is 2. The summed E-state index contributed by atoms with van der Waals surface area (Å²) in [5, 5.41) is 2.96. The van der Waals surface area contributed by atoms with Crippen molar-refractivity contribution in [2.24, 2.45) is 17.3 Å². The highest BCUT2D eigenvalue weighted by Gasteiger charge is 2.45. The van der Waals surface area contributed by atoms with E-state index in [-0.39, 0.29) is 23.3 Å². The maximum absolute atomic E-state index is 12.9. The van der Waals surface area contributed by atoms with Gasteiger partial charge >= 0.3 is 0 Å². The molecule has 0 radical (unpaired) electrons. The zero-order chi connectivity index (χ0) is 15.8. The average Bonchev–Trinajstić information content (AvgIpc) is 3.14. The van der Waals surface area contributed by atoms with E-state index < -0.39 is 6.04 Å². The molecule has 1 heterocycles. The number of rotatable bonds is 5. The van der Waals surface area contributed by atoms with Crippen LogP contribution in [-0.4, -0.2) is 35.3 Å². The van der Waals surface area contributed by atoms with Crippen molar-refractivity contribution in [2.45, 2.75) is 72.4 Å². The predicted octanol–water partition coefficient (Wildman–Crippen LogP) is 2.57. The SMILES string of the molecule is CC(C)CC1C(=O)NC(C(C)(C)C)C(=O)N1CCC1CC1. The van der Waals surface area contributed by atoms with Gasteiger partial charge in [0, 0.05) is 6.54 Å². The molecule has 2 amide bonds. The monoisotopic (exact) mass is 294 g/mol. The lowest BCUT2D eigenvalue weighted by Gasteiger charge is -2.44. The largest absolute Gasteiger partial charge is 0.342 e. The molecule has 2 fully saturated rings. The van der Waals surface area contributed by atoms with Gasteiger partial charge in [-0.05, 0) is 30.1 Å². The number of piperazine rings is 1. The van der Waals surface area contributed by atoms with Crippen LogP contribution in [0.1, 0.15) is 60.3 Å². The van der Waals surface area contributed by atoms with Gasteiger partial charge in [0.05, 0.1) is 0 Å². The van der Waals surface area contributed by atoms with Crippen LogP contribution in [0, 0.1) is 17.3 Å². The molecule has 21 heavy (non-hydrogen) atoms. The molecule has 4 heteroatoms. The molecule has 1 aliphatic carbocycles. The Hall–Kier alpha value is -1.06. The Morgan fingerprint density at radius 3 is 2.33 bits per heavy atom. The van der Waals surface area contributed by atoms with E-state index in [0.29, 0.717) is 5.92 Å². The fourth-order valence-corrected chi connectivity index (χ4v) is 3.02. The van der Waals surface area contributed by atoms with Crippen molar-refractivity contribution in [2.75, 3.05) is 6.54 Å². The molecule has 4 nitrogen and oxygen atoms in total. The molecule has 1 saturated carbocycles. The summed E-state index contributed by atoms with van der Waals surface area (Å²) in [6.07, 6.45) is 4.36. The minimum atomic E-state index is -0.396. The van der Waals surface area contributed by atoms with E-state index in [2.05, 4.69) is 19.2 Å². The molecule has 120 valence electrons. The van der Waals surface area contributed by atoms with Crippen molar-refractivity contribution >= 4 is 11.8 Å². The van der Waals surface area contributed by atoms with E-state index in [9.17, 15) is 9.59 Å². The summed E-state index contributed by atoms with van der Waals surface area (Å²) < 4.78 is 0. The molecule has 2 aliphatic rings. The van der Waals surface area contributed by atoms with Gasteiger partial charge in [-0.2, -0.15) is 0 Å². The van der Waals surface area contributed by atoms with E-state index in [1.165, 1.54) is 12.8 Å². The Morgan fingerprint density at radius 2 is 1.86 bits per heavy atom. The molecule has 1 N–H and O–H groups in total. The van der Waals surface area contributed by atoms with E-state index >= 15 is 0 Å². The topological polar surface area (TPSA) is 49.4 Å². The molecule has 0 aromatic heterocycles. The fraction of sp³-hybridized carbons (Fsp3) is 0.882. The first kappa shape index (κ1) is 16.3. The molecule has 0 bridgehead atoms. The highest BCUT2D eigenvalue weighted by Crippen LogP contribution is 2.34. The molecule has 0 spiro atoms. The summed E-state index contributed by atoms with van der Waals surface area (Å²) in [6.45, 7) is 11.0. The highest BCUT2D eigenvalue weighted by atomic mass is 16.2. The Kier molecular flexibility index (Phi) is 4.64. The van der Waals surface area contributed by atoms with Gasteiger partial charge in [-0.25, -0.2) is 0 Å². The zero-order valence-electron chi connectivity index (χ0n) is 14.1. The molecule has 2 unspecified atom stereocenters. The van der Waals surface area contributed by atoms with Crippen LogP contribution in [0.3, 0.4) is 0 Å². The van der Waals surface area contributed by atoms with E-state index in [1.807, 2.05) is 25.7 Å². The lowest BCUT2D eigenvalue weighted by atomic mass is 9.83. The number of nitrogens with zero attached hydrogens (tertiary/aromatic N) is 1. The van der Waals surface area contributed by atoms with Crippen LogP contribution in [0.4, 0.5) is 0 Å². The standard InChI is InChI=1S/C17H30N2O2/c1-11(2)10-13-15(20)18-14(17(3,4)5)16(21)19(13)9-8-12-6-7-12/h11-14H,6-10H2,1-5H3,(H,18,20). The van der Waals surface area contributed by atoms with Crippen LogP contribution >= 0.6 is 0 Å². The molecule has 2 rings (SSSR count). The smallest absolute Gasteiger partial charge is 0.246 e. The van der Waals surface area contributed by atoms with Crippen molar-refractivity contribution in [3.05, 3.63) is 0 Å². The van der Waals surface area contributed by atoms with Gasteiger partial charge < -0.3 is 10.2 Å². The first-order chi connectivity index (χ1) is 9.70. The second-order valence-electron chi connectivity index (χ2n) is 8.22. The minimum absolute atomic E-state index is 0.0269. The molecular weight excluding hydrogens is 264 g/mol. The lowest BCUT2D eigenvalue weighted by molar-refractivity contribution is -0.153. The maximum atomic E-state index is 12.9. The summed E-state index contributed by atoms with van der Waals surface area (Å²) >= 11 is 0.